The van der Waals surface area contributed by atoms with Crippen LogP contribution in [0.25, 0.3) is 0 Å². The number of amides is 2. The van der Waals surface area contributed by atoms with Gasteiger partial charge in [0, 0.05) is 32.7 Å². The van der Waals surface area contributed by atoms with E-state index in [2.05, 4.69) is 16.0 Å². The second-order valence-electron chi connectivity index (χ2n) is 5.45. The summed E-state index contributed by atoms with van der Waals surface area (Å²) in [6.07, 6.45) is -0.434. The van der Waals surface area contributed by atoms with E-state index in [1.54, 1.807) is 0 Å². The normalized spacial score (nSPS) is 23.6. The maximum Gasteiger partial charge on any atom is 0.246 e. The molecule has 7 heteroatoms. The molecule has 1 aliphatic rings. The first kappa shape index (κ1) is 16.9. The predicted molar refractivity (Wildman–Crippen MR) is 74.0 cm³/mol. The number of hydrogen-bond acceptors (Lipinski definition) is 5. The van der Waals surface area contributed by atoms with Crippen molar-refractivity contribution in [3.05, 3.63) is 0 Å². The van der Waals surface area contributed by atoms with Gasteiger partial charge in [-0.15, -0.1) is 0 Å². The predicted octanol–water partition coefficient (Wildman–Crippen LogP) is -1.53. The summed E-state index contributed by atoms with van der Waals surface area (Å²) in [6, 6.07) is -0.593. The van der Waals surface area contributed by atoms with Crippen molar-refractivity contribution in [3.8, 4) is 0 Å². The molecule has 0 spiro atoms. The fourth-order valence-electron chi connectivity index (χ4n) is 2.15. The molecule has 0 saturated carbocycles. The average Bonchev–Trinajstić information content (AvgIpc) is 2.78. The highest BCUT2D eigenvalue weighted by Crippen LogP contribution is 2.08. The van der Waals surface area contributed by atoms with Gasteiger partial charge in [0.15, 0.2) is 0 Å². The van der Waals surface area contributed by atoms with Crippen LogP contribution >= 0.6 is 0 Å². The lowest BCUT2D eigenvalue weighted by Crippen LogP contribution is -2.51. The fourth-order valence-corrected chi connectivity index (χ4v) is 2.15. The summed E-state index contributed by atoms with van der Waals surface area (Å²) < 4.78 is 4.73. The van der Waals surface area contributed by atoms with Crippen LogP contribution < -0.4 is 16.0 Å². The quantitative estimate of drug-likeness (QED) is 0.455. The number of ether oxygens (including phenoxy) is 1. The van der Waals surface area contributed by atoms with Crippen molar-refractivity contribution in [1.29, 1.82) is 0 Å². The number of carbonyl (C=O) groups excluding carboxylic acids is 2. The number of aliphatic hydroxyl groups is 1. The van der Waals surface area contributed by atoms with Crippen LogP contribution in [-0.2, 0) is 14.3 Å². The van der Waals surface area contributed by atoms with Crippen LogP contribution in [0.1, 0.15) is 13.8 Å². The standard InChI is InChI=1S/C13H25N3O4/c1-8(2)12(16-11(18)7-20-3)13(19)15-5-9-4-14-6-10(9)17/h8-10,12,14,17H,4-7H2,1-3H3,(H,15,19)(H,16,18)/t9?,10?,12-/m0/s1. The molecule has 1 aliphatic heterocycles. The van der Waals surface area contributed by atoms with Crippen molar-refractivity contribution < 1.29 is 19.4 Å². The largest absolute Gasteiger partial charge is 0.391 e. The Labute approximate surface area is 119 Å². The first-order chi connectivity index (χ1) is 9.45. The molecule has 0 aromatic heterocycles. The number of hydrogen-bond donors (Lipinski definition) is 4. The maximum absolute atomic E-state index is 12.1. The summed E-state index contributed by atoms with van der Waals surface area (Å²) in [4.78, 5) is 23.6. The summed E-state index contributed by atoms with van der Waals surface area (Å²) in [5, 5.41) is 18.2. The zero-order valence-electron chi connectivity index (χ0n) is 12.3. The molecular weight excluding hydrogens is 262 g/mol. The molecule has 0 aliphatic carbocycles. The SMILES string of the molecule is COCC(=O)N[C@H](C(=O)NCC1CNCC1O)C(C)C. The van der Waals surface area contributed by atoms with Gasteiger partial charge in [-0.2, -0.15) is 0 Å². The van der Waals surface area contributed by atoms with E-state index in [9.17, 15) is 14.7 Å². The van der Waals surface area contributed by atoms with Crippen molar-refractivity contribution >= 4 is 11.8 Å². The Kier molecular flexibility index (Phi) is 6.90. The topological polar surface area (TPSA) is 99.7 Å². The third-order valence-electron chi connectivity index (χ3n) is 3.38. The van der Waals surface area contributed by atoms with Gasteiger partial charge in [0.1, 0.15) is 12.6 Å². The molecule has 20 heavy (non-hydrogen) atoms. The number of nitrogens with one attached hydrogen (secondary N) is 3. The van der Waals surface area contributed by atoms with Gasteiger partial charge in [0.2, 0.25) is 11.8 Å². The Hall–Kier alpha value is -1.18. The third kappa shape index (κ3) is 5.07. The number of β-amino-alcohol motifs (C(OH)–C–C–N with tert-alkyl or cyclic N) is 1. The number of carbonyl (C=O) groups is 2. The van der Waals surface area contributed by atoms with Crippen LogP contribution in [0.15, 0.2) is 0 Å². The first-order valence-electron chi connectivity index (χ1n) is 6.90. The minimum absolute atomic E-state index is 0.0152. The minimum atomic E-state index is -0.593. The second kappa shape index (κ2) is 8.18. The van der Waals surface area contributed by atoms with E-state index in [-0.39, 0.29) is 30.3 Å². The van der Waals surface area contributed by atoms with Crippen molar-refractivity contribution in [2.45, 2.75) is 26.0 Å². The van der Waals surface area contributed by atoms with E-state index in [0.29, 0.717) is 19.6 Å². The lowest BCUT2D eigenvalue weighted by atomic mass is 10.0. The van der Waals surface area contributed by atoms with Crippen LogP contribution in [-0.4, -0.2) is 62.4 Å². The highest BCUT2D eigenvalue weighted by atomic mass is 16.5. The second-order valence-corrected chi connectivity index (χ2v) is 5.45. The lowest BCUT2D eigenvalue weighted by Gasteiger charge is -2.23. The van der Waals surface area contributed by atoms with Crippen LogP contribution in [0, 0.1) is 11.8 Å². The monoisotopic (exact) mass is 287 g/mol. The van der Waals surface area contributed by atoms with E-state index in [1.807, 2.05) is 13.8 Å². The molecule has 2 unspecified atom stereocenters. The molecular formula is C13H25N3O4. The zero-order chi connectivity index (χ0) is 15.1. The van der Waals surface area contributed by atoms with Gasteiger partial charge in [-0.05, 0) is 5.92 Å². The fraction of sp³-hybridized carbons (Fsp3) is 0.846. The minimum Gasteiger partial charge on any atom is -0.391 e. The highest BCUT2D eigenvalue weighted by molar-refractivity contribution is 5.88. The molecule has 1 fully saturated rings. The molecule has 1 rings (SSSR count). The van der Waals surface area contributed by atoms with Gasteiger partial charge in [0.05, 0.1) is 6.10 Å². The summed E-state index contributed by atoms with van der Waals surface area (Å²) in [5.41, 5.74) is 0. The molecule has 1 saturated heterocycles. The van der Waals surface area contributed by atoms with E-state index in [4.69, 9.17) is 4.74 Å². The Morgan fingerprint density at radius 1 is 1.40 bits per heavy atom. The average molecular weight is 287 g/mol. The summed E-state index contributed by atoms with van der Waals surface area (Å²) in [7, 11) is 1.43. The van der Waals surface area contributed by atoms with E-state index < -0.39 is 12.1 Å². The van der Waals surface area contributed by atoms with Gasteiger partial charge in [-0.1, -0.05) is 13.8 Å². The Balaban J connectivity index is 2.45. The maximum atomic E-state index is 12.1. The summed E-state index contributed by atoms with van der Waals surface area (Å²) >= 11 is 0. The van der Waals surface area contributed by atoms with Gasteiger partial charge in [0.25, 0.3) is 0 Å². The molecule has 1 heterocycles. The van der Waals surface area contributed by atoms with Crippen LogP contribution in [0.4, 0.5) is 0 Å². The van der Waals surface area contributed by atoms with Crippen molar-refractivity contribution in [3.63, 3.8) is 0 Å². The zero-order valence-corrected chi connectivity index (χ0v) is 12.3. The Morgan fingerprint density at radius 3 is 2.60 bits per heavy atom. The van der Waals surface area contributed by atoms with E-state index in [0.717, 1.165) is 0 Å². The third-order valence-corrected chi connectivity index (χ3v) is 3.38. The van der Waals surface area contributed by atoms with Crippen molar-refractivity contribution in [2.24, 2.45) is 11.8 Å². The lowest BCUT2D eigenvalue weighted by molar-refractivity contribution is -0.132. The van der Waals surface area contributed by atoms with E-state index in [1.165, 1.54) is 7.11 Å². The molecule has 0 aromatic rings. The molecule has 3 atom stereocenters. The van der Waals surface area contributed by atoms with E-state index >= 15 is 0 Å². The molecule has 0 radical (unpaired) electrons. The van der Waals surface area contributed by atoms with Gasteiger partial charge in [-0.3, -0.25) is 9.59 Å². The van der Waals surface area contributed by atoms with Crippen molar-refractivity contribution in [2.75, 3.05) is 33.4 Å². The molecule has 0 aromatic carbocycles. The van der Waals surface area contributed by atoms with Gasteiger partial charge < -0.3 is 25.8 Å². The van der Waals surface area contributed by atoms with Crippen LogP contribution in [0.5, 0.6) is 0 Å². The molecule has 0 bridgehead atoms. The van der Waals surface area contributed by atoms with Gasteiger partial charge >= 0.3 is 0 Å². The van der Waals surface area contributed by atoms with Gasteiger partial charge in [-0.25, -0.2) is 0 Å². The van der Waals surface area contributed by atoms with Crippen LogP contribution in [0.2, 0.25) is 0 Å². The van der Waals surface area contributed by atoms with Crippen LogP contribution in [0.3, 0.4) is 0 Å². The number of methoxy groups -OCH3 is 1. The number of rotatable bonds is 7. The summed E-state index contributed by atoms with van der Waals surface area (Å²) in [6.45, 7) is 5.30. The highest BCUT2D eigenvalue weighted by Gasteiger charge is 2.28. The molecule has 2 amide bonds. The first-order valence-corrected chi connectivity index (χ1v) is 6.90. The summed E-state index contributed by atoms with van der Waals surface area (Å²) in [5.74, 6) is -0.559. The molecule has 7 nitrogen and oxygen atoms in total. The Morgan fingerprint density at radius 2 is 2.10 bits per heavy atom. The number of aliphatic hydroxyl groups excluding tert-OH is 1. The Bertz CT molecular complexity index is 336. The van der Waals surface area contributed by atoms with Crippen molar-refractivity contribution in [1.82, 2.24) is 16.0 Å². The molecule has 4 N–H and O–H groups in total. The smallest absolute Gasteiger partial charge is 0.246 e. The molecule has 116 valence electrons.